The lowest BCUT2D eigenvalue weighted by Crippen LogP contribution is -2.60. The summed E-state index contributed by atoms with van der Waals surface area (Å²) in [5.74, 6) is 2.23. The lowest BCUT2D eigenvalue weighted by molar-refractivity contribution is -0.153. The van der Waals surface area contributed by atoms with Crippen molar-refractivity contribution in [3.63, 3.8) is 0 Å². The summed E-state index contributed by atoms with van der Waals surface area (Å²) < 4.78 is 9.91. The highest BCUT2D eigenvalue weighted by Gasteiger charge is 2.35. The molecule has 1 rings (SSSR count). The quantitative estimate of drug-likeness (QED) is 0.384. The maximum atomic E-state index is 11.1. The number of hydrogen-bond acceptors (Lipinski definition) is 4. The maximum Gasteiger partial charge on any atom is 0.305 e. The molecular formula is C10H15NO3. The first kappa shape index (κ1) is 11.0. The Labute approximate surface area is 83.7 Å². The van der Waals surface area contributed by atoms with Gasteiger partial charge in [0.1, 0.15) is 6.61 Å². The highest BCUT2D eigenvalue weighted by atomic mass is 16.5. The van der Waals surface area contributed by atoms with E-state index in [0.717, 1.165) is 0 Å². The van der Waals surface area contributed by atoms with Gasteiger partial charge in [-0.05, 0) is 6.42 Å². The highest BCUT2D eigenvalue weighted by molar-refractivity contribution is 5.69. The third-order valence-electron chi connectivity index (χ3n) is 2.00. The molecule has 0 atom stereocenters. The third-order valence-corrected chi connectivity index (χ3v) is 2.00. The van der Waals surface area contributed by atoms with E-state index in [9.17, 15) is 4.79 Å². The van der Waals surface area contributed by atoms with Crippen LogP contribution in [-0.2, 0) is 14.3 Å². The van der Waals surface area contributed by atoms with E-state index in [0.29, 0.717) is 32.5 Å². The Morgan fingerprint density at radius 3 is 2.86 bits per heavy atom. The van der Waals surface area contributed by atoms with Crippen LogP contribution < -0.4 is 5.73 Å². The van der Waals surface area contributed by atoms with Crippen molar-refractivity contribution >= 4 is 5.97 Å². The van der Waals surface area contributed by atoms with E-state index in [1.807, 2.05) is 0 Å². The number of esters is 1. The van der Waals surface area contributed by atoms with Crippen molar-refractivity contribution in [1.29, 1.82) is 0 Å². The average Bonchev–Trinajstić information content (AvgIpc) is 2.12. The first-order valence-electron chi connectivity index (χ1n) is 4.62. The van der Waals surface area contributed by atoms with E-state index < -0.39 is 5.54 Å². The van der Waals surface area contributed by atoms with Crippen molar-refractivity contribution in [3.05, 3.63) is 0 Å². The summed E-state index contributed by atoms with van der Waals surface area (Å²) >= 11 is 0. The van der Waals surface area contributed by atoms with Crippen LogP contribution in [0.1, 0.15) is 19.3 Å². The van der Waals surface area contributed by atoms with E-state index in [1.165, 1.54) is 0 Å². The van der Waals surface area contributed by atoms with Crippen molar-refractivity contribution in [1.82, 2.24) is 0 Å². The van der Waals surface area contributed by atoms with Gasteiger partial charge in [0.25, 0.3) is 0 Å². The zero-order valence-electron chi connectivity index (χ0n) is 8.12. The molecule has 0 unspecified atom stereocenters. The largest absolute Gasteiger partial charge is 0.464 e. The van der Waals surface area contributed by atoms with Crippen LogP contribution in [0.3, 0.4) is 0 Å². The van der Waals surface area contributed by atoms with Crippen LogP contribution in [0.15, 0.2) is 0 Å². The fraction of sp³-hybridized carbons (Fsp3) is 0.700. The second kappa shape index (κ2) is 4.99. The van der Waals surface area contributed by atoms with Crippen molar-refractivity contribution in [2.24, 2.45) is 5.73 Å². The first-order valence-corrected chi connectivity index (χ1v) is 4.62. The number of carbonyl (C=O) groups excluding carboxylic acids is 1. The summed E-state index contributed by atoms with van der Waals surface area (Å²) in [5, 5.41) is 0. The van der Waals surface area contributed by atoms with Crippen LogP contribution in [0, 0.1) is 12.3 Å². The minimum atomic E-state index is -0.457. The minimum absolute atomic E-state index is 0.238. The lowest BCUT2D eigenvalue weighted by atomic mass is 10.0. The molecule has 0 bridgehead atoms. The normalized spacial score (nSPS) is 18.0. The number of rotatable bonds is 5. The van der Waals surface area contributed by atoms with E-state index in [-0.39, 0.29) is 12.6 Å². The van der Waals surface area contributed by atoms with E-state index >= 15 is 0 Å². The number of nitrogens with two attached hydrogens (primary N) is 1. The molecule has 1 saturated heterocycles. The fourth-order valence-corrected chi connectivity index (χ4v) is 1.08. The molecule has 2 N–H and O–H groups in total. The van der Waals surface area contributed by atoms with Gasteiger partial charge in [0.15, 0.2) is 0 Å². The molecule has 0 aliphatic carbocycles. The lowest BCUT2D eigenvalue weighted by Gasteiger charge is -2.36. The molecule has 1 heterocycles. The summed E-state index contributed by atoms with van der Waals surface area (Å²) in [6.07, 6.45) is 6.69. The number of terminal acetylenes is 1. The van der Waals surface area contributed by atoms with Gasteiger partial charge in [-0.3, -0.25) is 4.79 Å². The Morgan fingerprint density at radius 2 is 2.36 bits per heavy atom. The number of carbonyl (C=O) groups is 1. The molecule has 0 spiro atoms. The molecule has 0 aromatic carbocycles. The topological polar surface area (TPSA) is 61.5 Å². The van der Waals surface area contributed by atoms with Crippen molar-refractivity contribution in [2.75, 3.05) is 19.8 Å². The number of hydrogen-bond donors (Lipinski definition) is 1. The van der Waals surface area contributed by atoms with Gasteiger partial charge >= 0.3 is 5.97 Å². The zero-order chi connectivity index (χ0) is 10.4. The molecule has 0 saturated carbocycles. The van der Waals surface area contributed by atoms with Gasteiger partial charge in [0.2, 0.25) is 0 Å². The van der Waals surface area contributed by atoms with E-state index in [2.05, 4.69) is 5.92 Å². The summed E-state index contributed by atoms with van der Waals surface area (Å²) in [5.41, 5.74) is 5.31. The van der Waals surface area contributed by atoms with E-state index in [4.69, 9.17) is 21.6 Å². The molecule has 0 amide bonds. The predicted octanol–water partition coefficient (Wildman–Crippen LogP) is 0.0608. The van der Waals surface area contributed by atoms with Gasteiger partial charge < -0.3 is 15.2 Å². The van der Waals surface area contributed by atoms with Crippen molar-refractivity contribution < 1.29 is 14.3 Å². The van der Waals surface area contributed by atoms with Gasteiger partial charge in [-0.2, -0.15) is 0 Å². The number of ether oxygens (including phenoxy) is 2. The van der Waals surface area contributed by atoms with E-state index in [1.54, 1.807) is 0 Å². The van der Waals surface area contributed by atoms with Crippen LogP contribution in [0.25, 0.3) is 0 Å². The third kappa shape index (κ3) is 3.36. The SMILES string of the molecule is C#CCCCC(=O)OCC1(N)COC1. The second-order valence-corrected chi connectivity index (χ2v) is 3.57. The average molecular weight is 197 g/mol. The van der Waals surface area contributed by atoms with Gasteiger partial charge in [-0.25, -0.2) is 0 Å². The Hall–Kier alpha value is -1.05. The first-order chi connectivity index (χ1) is 6.66. The molecule has 1 aliphatic heterocycles. The van der Waals surface area contributed by atoms with Crippen LogP contribution in [0.5, 0.6) is 0 Å². The molecule has 1 fully saturated rings. The summed E-state index contributed by atoms with van der Waals surface area (Å²) in [4.78, 5) is 11.1. The smallest absolute Gasteiger partial charge is 0.305 e. The predicted molar refractivity (Wildman–Crippen MR) is 51.4 cm³/mol. The van der Waals surface area contributed by atoms with Crippen LogP contribution in [0.2, 0.25) is 0 Å². The summed E-state index contributed by atoms with van der Waals surface area (Å²) in [6, 6.07) is 0. The summed E-state index contributed by atoms with van der Waals surface area (Å²) in [6.45, 7) is 1.16. The molecule has 0 aromatic heterocycles. The van der Waals surface area contributed by atoms with Gasteiger partial charge in [-0.1, -0.05) is 0 Å². The Bertz CT molecular complexity index is 240. The van der Waals surface area contributed by atoms with Crippen LogP contribution in [-0.4, -0.2) is 31.3 Å². The minimum Gasteiger partial charge on any atom is -0.464 e. The molecule has 4 heteroatoms. The fourth-order valence-electron chi connectivity index (χ4n) is 1.08. The molecule has 78 valence electrons. The summed E-state index contributed by atoms with van der Waals surface area (Å²) in [7, 11) is 0. The Kier molecular flexibility index (Phi) is 3.93. The molecule has 4 nitrogen and oxygen atoms in total. The highest BCUT2D eigenvalue weighted by Crippen LogP contribution is 2.13. The maximum absolute atomic E-state index is 11.1. The van der Waals surface area contributed by atoms with Crippen molar-refractivity contribution in [3.8, 4) is 12.3 Å². The molecule has 1 aliphatic rings. The van der Waals surface area contributed by atoms with Crippen molar-refractivity contribution in [2.45, 2.75) is 24.8 Å². The van der Waals surface area contributed by atoms with Gasteiger partial charge in [0.05, 0.1) is 18.8 Å². The van der Waals surface area contributed by atoms with Gasteiger partial charge in [0, 0.05) is 12.8 Å². The van der Waals surface area contributed by atoms with Gasteiger partial charge in [-0.15, -0.1) is 12.3 Å². The molecule has 0 aromatic rings. The zero-order valence-corrected chi connectivity index (χ0v) is 8.12. The Balaban J connectivity index is 2.06. The molecular weight excluding hydrogens is 182 g/mol. The Morgan fingerprint density at radius 1 is 1.64 bits per heavy atom. The molecule has 14 heavy (non-hydrogen) atoms. The number of unbranched alkanes of at least 4 members (excludes halogenated alkanes) is 1. The second-order valence-electron chi connectivity index (χ2n) is 3.57. The standard InChI is InChI=1S/C10H15NO3/c1-2-3-4-5-9(12)14-8-10(11)6-13-7-10/h1H,3-8,11H2. The van der Waals surface area contributed by atoms with Crippen LogP contribution >= 0.6 is 0 Å². The molecule has 0 radical (unpaired) electrons. The van der Waals surface area contributed by atoms with Crippen LogP contribution in [0.4, 0.5) is 0 Å². The monoisotopic (exact) mass is 197 g/mol.